The topological polar surface area (TPSA) is 26.3 Å². The molecule has 2 nitrogen and oxygen atoms in total. The third-order valence-corrected chi connectivity index (χ3v) is 6.96. The van der Waals surface area contributed by atoms with E-state index in [1.807, 2.05) is 6.07 Å². The van der Waals surface area contributed by atoms with Gasteiger partial charge in [0.25, 0.3) is 0 Å². The van der Waals surface area contributed by atoms with E-state index in [4.69, 9.17) is 4.74 Å². The second-order valence-electron chi connectivity index (χ2n) is 7.52. The number of carbonyl (C=O) groups excluding carboxylic acids is 1. The van der Waals surface area contributed by atoms with Crippen LogP contribution in [-0.2, 0) is 0 Å². The van der Waals surface area contributed by atoms with E-state index in [0.29, 0.717) is 23.0 Å². The molecule has 0 N–H and O–H groups in total. The number of rotatable bonds is 2. The SMILES string of the molecule is CC[C@@]12CCC[C@H]1[C@@H]1CC(=O)c3c[c]c(OC)cc3[C@H]1CC2. The summed E-state index contributed by atoms with van der Waals surface area (Å²) in [6.45, 7) is 2.36. The summed E-state index contributed by atoms with van der Waals surface area (Å²) in [5, 5.41) is 0. The van der Waals surface area contributed by atoms with E-state index in [1.54, 1.807) is 7.11 Å². The fourth-order valence-corrected chi connectivity index (χ4v) is 5.85. The lowest BCUT2D eigenvalue weighted by Crippen LogP contribution is -2.42. The number of benzene rings is 1. The van der Waals surface area contributed by atoms with Crippen LogP contribution in [0.25, 0.3) is 0 Å². The van der Waals surface area contributed by atoms with Crippen molar-refractivity contribution in [3.05, 3.63) is 29.3 Å². The Bertz CT molecular complexity index is 606. The molecule has 0 spiro atoms. The molecule has 4 atom stereocenters. The molecule has 2 heteroatoms. The molecule has 0 aliphatic heterocycles. The van der Waals surface area contributed by atoms with Crippen LogP contribution in [0, 0.1) is 23.3 Å². The molecule has 3 aliphatic carbocycles. The fourth-order valence-electron chi connectivity index (χ4n) is 5.85. The number of ether oxygens (including phenoxy) is 1. The lowest BCUT2D eigenvalue weighted by molar-refractivity contribution is 0.0384. The zero-order valence-corrected chi connectivity index (χ0v) is 13.7. The third kappa shape index (κ3) is 1.89. The number of hydrogen-bond donors (Lipinski definition) is 0. The fraction of sp³-hybridized carbons (Fsp3) is 0.650. The summed E-state index contributed by atoms with van der Waals surface area (Å²) in [5.74, 6) is 2.96. The number of methoxy groups -OCH3 is 1. The molecule has 22 heavy (non-hydrogen) atoms. The van der Waals surface area contributed by atoms with Crippen LogP contribution in [-0.4, -0.2) is 12.9 Å². The zero-order valence-electron chi connectivity index (χ0n) is 13.7. The first-order valence-corrected chi connectivity index (χ1v) is 8.81. The summed E-state index contributed by atoms with van der Waals surface area (Å²) in [6.07, 6.45) is 8.68. The van der Waals surface area contributed by atoms with Crippen molar-refractivity contribution in [3.8, 4) is 5.75 Å². The first kappa shape index (κ1) is 14.3. The van der Waals surface area contributed by atoms with Crippen molar-refractivity contribution in [1.29, 1.82) is 0 Å². The maximum absolute atomic E-state index is 12.7. The van der Waals surface area contributed by atoms with E-state index < -0.39 is 0 Å². The quantitative estimate of drug-likeness (QED) is 0.786. The van der Waals surface area contributed by atoms with Gasteiger partial charge in [0, 0.05) is 18.1 Å². The van der Waals surface area contributed by atoms with Gasteiger partial charge in [0.2, 0.25) is 0 Å². The van der Waals surface area contributed by atoms with Gasteiger partial charge in [-0.15, -0.1) is 0 Å². The minimum absolute atomic E-state index is 0.328. The largest absolute Gasteiger partial charge is 0.496 e. The van der Waals surface area contributed by atoms with Crippen LogP contribution in [0.15, 0.2) is 12.1 Å². The van der Waals surface area contributed by atoms with Crippen molar-refractivity contribution in [2.24, 2.45) is 17.3 Å². The van der Waals surface area contributed by atoms with Crippen LogP contribution in [0.1, 0.15) is 73.7 Å². The smallest absolute Gasteiger partial charge is 0.163 e. The van der Waals surface area contributed by atoms with E-state index in [-0.39, 0.29) is 0 Å². The van der Waals surface area contributed by atoms with Gasteiger partial charge in [-0.2, -0.15) is 0 Å². The molecule has 2 saturated carbocycles. The first-order chi connectivity index (χ1) is 10.7. The maximum Gasteiger partial charge on any atom is 0.163 e. The number of Topliss-reactive ketones (excluding diaryl/α,β-unsaturated/α-hetero) is 1. The Labute approximate surface area is 133 Å². The van der Waals surface area contributed by atoms with Crippen LogP contribution in [0.2, 0.25) is 0 Å². The Kier molecular flexibility index (Phi) is 3.32. The third-order valence-electron chi connectivity index (χ3n) is 6.96. The van der Waals surface area contributed by atoms with E-state index >= 15 is 0 Å². The maximum atomic E-state index is 12.7. The summed E-state index contributed by atoms with van der Waals surface area (Å²) in [6, 6.07) is 7.04. The molecule has 0 amide bonds. The lowest BCUT2D eigenvalue weighted by Gasteiger charge is -2.50. The predicted molar refractivity (Wildman–Crippen MR) is 86.3 cm³/mol. The zero-order chi connectivity index (χ0) is 15.3. The van der Waals surface area contributed by atoms with Crippen molar-refractivity contribution in [3.63, 3.8) is 0 Å². The van der Waals surface area contributed by atoms with Crippen LogP contribution >= 0.6 is 0 Å². The van der Waals surface area contributed by atoms with Gasteiger partial charge < -0.3 is 4.74 Å². The molecule has 0 bridgehead atoms. The van der Waals surface area contributed by atoms with Gasteiger partial charge in [-0.25, -0.2) is 0 Å². The molecule has 4 rings (SSSR count). The number of fused-ring (bicyclic) bond motifs is 5. The minimum atomic E-state index is 0.328. The summed E-state index contributed by atoms with van der Waals surface area (Å²) in [4.78, 5) is 12.7. The molecule has 117 valence electrons. The molecular weight excluding hydrogens is 272 g/mol. The van der Waals surface area contributed by atoms with Gasteiger partial charge >= 0.3 is 0 Å². The Morgan fingerprint density at radius 1 is 1.36 bits per heavy atom. The second kappa shape index (κ2) is 5.11. The second-order valence-corrected chi connectivity index (χ2v) is 7.52. The van der Waals surface area contributed by atoms with Gasteiger partial charge in [0.1, 0.15) is 5.75 Å². The summed E-state index contributed by atoms with van der Waals surface area (Å²) in [7, 11) is 1.68. The number of carbonyl (C=O) groups is 1. The standard InChI is InChI=1S/C20H25O2/c1-3-20-9-4-5-18(20)17-12-19(21)15-7-6-13(22-2)11-16(15)14(17)8-10-20/h7,11,14,17-18H,3-5,8-10,12H2,1-2H3/t14-,17-,18+,20+/m1/s1. The van der Waals surface area contributed by atoms with Crippen molar-refractivity contribution >= 4 is 5.78 Å². The molecule has 1 aromatic rings. The van der Waals surface area contributed by atoms with Crippen molar-refractivity contribution in [2.75, 3.05) is 7.11 Å². The van der Waals surface area contributed by atoms with Crippen LogP contribution in [0.5, 0.6) is 5.75 Å². The van der Waals surface area contributed by atoms with Gasteiger partial charge in [0.15, 0.2) is 5.78 Å². The molecule has 3 aliphatic rings. The molecule has 0 unspecified atom stereocenters. The average molecular weight is 297 g/mol. The van der Waals surface area contributed by atoms with Crippen LogP contribution < -0.4 is 4.74 Å². The monoisotopic (exact) mass is 297 g/mol. The average Bonchev–Trinajstić information content (AvgIpc) is 2.99. The molecule has 1 radical (unpaired) electrons. The highest BCUT2D eigenvalue weighted by molar-refractivity contribution is 5.99. The minimum Gasteiger partial charge on any atom is -0.496 e. The van der Waals surface area contributed by atoms with Crippen LogP contribution in [0.3, 0.4) is 0 Å². The molecule has 2 fully saturated rings. The highest BCUT2D eigenvalue weighted by atomic mass is 16.5. The van der Waals surface area contributed by atoms with E-state index in [0.717, 1.165) is 23.7 Å². The van der Waals surface area contributed by atoms with Crippen LogP contribution in [0.4, 0.5) is 0 Å². The summed E-state index contributed by atoms with van der Waals surface area (Å²) >= 11 is 0. The Balaban J connectivity index is 1.76. The normalized spacial score (nSPS) is 36.5. The van der Waals surface area contributed by atoms with Crippen molar-refractivity contribution in [2.45, 2.75) is 57.8 Å². The van der Waals surface area contributed by atoms with Crippen molar-refractivity contribution in [1.82, 2.24) is 0 Å². The van der Waals surface area contributed by atoms with Gasteiger partial charge in [-0.05, 0) is 66.5 Å². The van der Waals surface area contributed by atoms with Gasteiger partial charge in [-0.3, -0.25) is 4.79 Å². The highest BCUT2D eigenvalue weighted by Crippen LogP contribution is 2.62. The number of ketones is 1. The molecule has 0 aromatic heterocycles. The molecule has 1 aromatic carbocycles. The molecule has 0 saturated heterocycles. The Hall–Kier alpha value is -1.31. The summed E-state index contributed by atoms with van der Waals surface area (Å²) in [5.41, 5.74) is 2.68. The Morgan fingerprint density at radius 2 is 2.23 bits per heavy atom. The van der Waals surface area contributed by atoms with E-state index in [2.05, 4.69) is 19.1 Å². The predicted octanol–water partition coefficient (Wildman–Crippen LogP) is 4.77. The highest BCUT2D eigenvalue weighted by Gasteiger charge is 2.52. The first-order valence-electron chi connectivity index (χ1n) is 8.81. The molecular formula is C20H25O2. The van der Waals surface area contributed by atoms with E-state index in [1.165, 1.54) is 44.1 Å². The Morgan fingerprint density at radius 3 is 3.00 bits per heavy atom. The van der Waals surface area contributed by atoms with Gasteiger partial charge in [-0.1, -0.05) is 19.8 Å². The molecule has 0 heterocycles. The lowest BCUT2D eigenvalue weighted by atomic mass is 9.54. The summed E-state index contributed by atoms with van der Waals surface area (Å²) < 4.78 is 5.36. The number of hydrogen-bond acceptors (Lipinski definition) is 2. The van der Waals surface area contributed by atoms with Gasteiger partial charge in [0.05, 0.1) is 7.11 Å². The van der Waals surface area contributed by atoms with E-state index in [9.17, 15) is 4.79 Å². The van der Waals surface area contributed by atoms with Crippen molar-refractivity contribution < 1.29 is 9.53 Å².